The average Bonchev–Trinajstić information content (AvgIpc) is 2.34. The number of aliphatic hydroxyl groups excluding tert-OH is 1. The van der Waals surface area contributed by atoms with Crippen LogP contribution in [0.2, 0.25) is 5.02 Å². The molecule has 1 fully saturated rings. The highest BCUT2D eigenvalue weighted by Gasteiger charge is 2.27. The molecule has 6 heteroatoms. The summed E-state index contributed by atoms with van der Waals surface area (Å²) < 4.78 is 26.5. The Labute approximate surface area is 125 Å². The molecule has 1 aliphatic rings. The Kier molecular flexibility index (Phi) is 5.07. The van der Waals surface area contributed by atoms with Gasteiger partial charge in [0.05, 0.1) is 11.9 Å². The van der Waals surface area contributed by atoms with Crippen molar-refractivity contribution in [1.82, 2.24) is 4.72 Å². The molecule has 0 aromatic heterocycles. The lowest BCUT2D eigenvalue weighted by Crippen LogP contribution is -2.40. The quantitative estimate of drug-likeness (QED) is 0.847. The Morgan fingerprint density at radius 1 is 1.35 bits per heavy atom. The fourth-order valence-corrected chi connectivity index (χ4v) is 4.19. The minimum absolute atomic E-state index is 0.157. The van der Waals surface area contributed by atoms with Gasteiger partial charge < -0.3 is 5.11 Å². The van der Waals surface area contributed by atoms with Crippen molar-refractivity contribution < 1.29 is 13.5 Å². The van der Waals surface area contributed by atoms with E-state index in [9.17, 15) is 13.5 Å². The minimum Gasteiger partial charge on any atom is -0.387 e. The zero-order valence-corrected chi connectivity index (χ0v) is 13.0. The molecule has 0 radical (unpaired) electrons. The van der Waals surface area contributed by atoms with Crippen LogP contribution in [-0.4, -0.2) is 25.3 Å². The zero-order valence-electron chi connectivity index (χ0n) is 11.4. The zero-order chi connectivity index (χ0) is 14.8. The minimum atomic E-state index is -3.34. The van der Waals surface area contributed by atoms with Crippen LogP contribution in [0.5, 0.6) is 0 Å². The predicted octanol–water partition coefficient (Wildman–Crippen LogP) is 2.48. The van der Waals surface area contributed by atoms with Crippen molar-refractivity contribution in [1.29, 1.82) is 0 Å². The predicted molar refractivity (Wildman–Crippen MR) is 80.1 cm³/mol. The molecule has 112 valence electrons. The van der Waals surface area contributed by atoms with E-state index < -0.39 is 22.2 Å². The molecule has 0 bridgehead atoms. The number of aliphatic hydroxyl groups is 1. The molecule has 4 nitrogen and oxygen atoms in total. The second-order valence-corrected chi connectivity index (χ2v) is 7.72. The fraction of sp³-hybridized carbons (Fsp3) is 0.571. The highest BCUT2D eigenvalue weighted by atomic mass is 35.5. The van der Waals surface area contributed by atoms with Crippen LogP contribution in [0, 0.1) is 5.92 Å². The van der Waals surface area contributed by atoms with E-state index in [0.717, 1.165) is 19.3 Å². The first-order chi connectivity index (χ1) is 9.37. The van der Waals surface area contributed by atoms with E-state index in [2.05, 4.69) is 4.72 Å². The van der Waals surface area contributed by atoms with E-state index in [-0.39, 0.29) is 11.7 Å². The number of rotatable bonds is 6. The first-order valence-electron chi connectivity index (χ1n) is 6.81. The number of hydrogen-bond acceptors (Lipinski definition) is 3. The SMILES string of the molecule is CC(NS(=O)(=O)CC1CCC1)C(O)c1ccc(Cl)cc1. The van der Waals surface area contributed by atoms with Gasteiger partial charge in [0.2, 0.25) is 10.0 Å². The first kappa shape index (κ1) is 15.8. The molecule has 20 heavy (non-hydrogen) atoms. The van der Waals surface area contributed by atoms with E-state index in [1.54, 1.807) is 31.2 Å². The highest BCUT2D eigenvalue weighted by molar-refractivity contribution is 7.89. The standard InChI is InChI=1S/C14H20ClNO3S/c1-10(14(17)12-5-7-13(15)8-6-12)16-20(18,19)9-11-3-2-4-11/h5-8,10-11,14,16-17H,2-4,9H2,1H3. The summed E-state index contributed by atoms with van der Waals surface area (Å²) in [6.45, 7) is 1.66. The summed E-state index contributed by atoms with van der Waals surface area (Å²) in [6, 6.07) is 6.18. The van der Waals surface area contributed by atoms with Gasteiger partial charge in [0.15, 0.2) is 0 Å². The maximum absolute atomic E-state index is 12.0. The maximum Gasteiger partial charge on any atom is 0.212 e. The van der Waals surface area contributed by atoms with Gasteiger partial charge in [-0.1, -0.05) is 30.2 Å². The number of benzene rings is 1. The summed E-state index contributed by atoms with van der Waals surface area (Å²) in [5.74, 6) is 0.428. The normalized spacial score (nSPS) is 19.4. The summed E-state index contributed by atoms with van der Waals surface area (Å²) in [4.78, 5) is 0. The largest absolute Gasteiger partial charge is 0.387 e. The summed E-state index contributed by atoms with van der Waals surface area (Å²) in [6.07, 6.45) is 2.19. The summed E-state index contributed by atoms with van der Waals surface area (Å²) in [7, 11) is -3.34. The van der Waals surface area contributed by atoms with E-state index in [0.29, 0.717) is 10.6 Å². The highest BCUT2D eigenvalue weighted by Crippen LogP contribution is 2.28. The smallest absolute Gasteiger partial charge is 0.212 e. The monoisotopic (exact) mass is 317 g/mol. The van der Waals surface area contributed by atoms with Gasteiger partial charge in [0.25, 0.3) is 0 Å². The second-order valence-electron chi connectivity index (χ2n) is 5.48. The molecule has 1 aromatic rings. The summed E-state index contributed by atoms with van der Waals surface area (Å²) in [5.41, 5.74) is 0.647. The molecule has 0 aliphatic heterocycles. The molecule has 2 rings (SSSR count). The average molecular weight is 318 g/mol. The van der Waals surface area contributed by atoms with Gasteiger partial charge in [0, 0.05) is 11.1 Å². The number of sulfonamides is 1. The molecule has 2 atom stereocenters. The molecule has 2 N–H and O–H groups in total. The number of hydrogen-bond donors (Lipinski definition) is 2. The molecule has 1 aromatic carbocycles. The van der Waals surface area contributed by atoms with Gasteiger partial charge in [0.1, 0.15) is 0 Å². The lowest BCUT2D eigenvalue weighted by molar-refractivity contribution is 0.146. The van der Waals surface area contributed by atoms with Crippen LogP contribution in [0.4, 0.5) is 0 Å². The van der Waals surface area contributed by atoms with Gasteiger partial charge >= 0.3 is 0 Å². The maximum atomic E-state index is 12.0. The van der Waals surface area contributed by atoms with Crippen LogP contribution < -0.4 is 4.72 Å². The van der Waals surface area contributed by atoms with E-state index >= 15 is 0 Å². The van der Waals surface area contributed by atoms with Gasteiger partial charge in [-0.15, -0.1) is 0 Å². The lowest BCUT2D eigenvalue weighted by Gasteiger charge is -2.27. The van der Waals surface area contributed by atoms with Gasteiger partial charge in [-0.2, -0.15) is 0 Å². The lowest BCUT2D eigenvalue weighted by atomic mass is 9.87. The van der Waals surface area contributed by atoms with Crippen molar-refractivity contribution in [2.24, 2.45) is 5.92 Å². The van der Waals surface area contributed by atoms with Crippen LogP contribution >= 0.6 is 11.6 Å². The molecule has 0 amide bonds. The second kappa shape index (κ2) is 6.43. The van der Waals surface area contributed by atoms with Crippen molar-refractivity contribution in [3.05, 3.63) is 34.9 Å². The van der Waals surface area contributed by atoms with E-state index in [4.69, 9.17) is 11.6 Å². The Bertz CT molecular complexity index is 540. The van der Waals surface area contributed by atoms with Crippen LogP contribution in [0.15, 0.2) is 24.3 Å². The molecule has 1 aliphatic carbocycles. The van der Waals surface area contributed by atoms with Crippen molar-refractivity contribution in [3.63, 3.8) is 0 Å². The molecule has 0 heterocycles. The van der Waals surface area contributed by atoms with Gasteiger partial charge in [-0.25, -0.2) is 13.1 Å². The van der Waals surface area contributed by atoms with E-state index in [1.165, 1.54) is 0 Å². The van der Waals surface area contributed by atoms with Crippen LogP contribution in [-0.2, 0) is 10.0 Å². The first-order valence-corrected chi connectivity index (χ1v) is 8.84. The number of nitrogens with one attached hydrogen (secondary N) is 1. The molecular formula is C14H20ClNO3S. The molecule has 1 saturated carbocycles. The van der Waals surface area contributed by atoms with Crippen molar-refractivity contribution in [3.8, 4) is 0 Å². The summed E-state index contributed by atoms with van der Waals surface area (Å²) in [5, 5.41) is 10.8. The van der Waals surface area contributed by atoms with Crippen LogP contribution in [0.25, 0.3) is 0 Å². The van der Waals surface area contributed by atoms with E-state index in [1.807, 2.05) is 0 Å². The third-order valence-corrected chi connectivity index (χ3v) is 5.62. The Morgan fingerprint density at radius 3 is 2.45 bits per heavy atom. The van der Waals surface area contributed by atoms with Crippen molar-refractivity contribution in [2.45, 2.75) is 38.3 Å². The molecule has 0 saturated heterocycles. The molecule has 0 spiro atoms. The fourth-order valence-electron chi connectivity index (χ4n) is 2.31. The third kappa shape index (κ3) is 4.19. The molecule has 2 unspecified atom stereocenters. The Balaban J connectivity index is 1.95. The Morgan fingerprint density at radius 2 is 1.95 bits per heavy atom. The Hall–Kier alpha value is -0.620. The number of halogens is 1. The van der Waals surface area contributed by atoms with Crippen LogP contribution in [0.1, 0.15) is 37.9 Å². The van der Waals surface area contributed by atoms with Gasteiger partial charge in [-0.05, 0) is 43.4 Å². The third-order valence-electron chi connectivity index (χ3n) is 3.73. The molecular weight excluding hydrogens is 298 g/mol. The summed E-state index contributed by atoms with van der Waals surface area (Å²) >= 11 is 5.79. The van der Waals surface area contributed by atoms with Crippen molar-refractivity contribution in [2.75, 3.05) is 5.75 Å². The topological polar surface area (TPSA) is 66.4 Å². The van der Waals surface area contributed by atoms with Crippen molar-refractivity contribution >= 4 is 21.6 Å². The van der Waals surface area contributed by atoms with Crippen LogP contribution in [0.3, 0.4) is 0 Å². The van der Waals surface area contributed by atoms with Gasteiger partial charge in [-0.3, -0.25) is 0 Å².